The van der Waals surface area contributed by atoms with Crippen molar-refractivity contribution in [2.24, 2.45) is 0 Å². The van der Waals surface area contributed by atoms with Gasteiger partial charge in [0.15, 0.2) is 0 Å². The summed E-state index contributed by atoms with van der Waals surface area (Å²) in [6.07, 6.45) is 2.56. The van der Waals surface area contributed by atoms with Gasteiger partial charge in [0.25, 0.3) is 10.0 Å². The van der Waals surface area contributed by atoms with Crippen LogP contribution in [-0.2, 0) is 32.6 Å². The number of nitrogens with zero attached hydrogens (tertiary/aromatic N) is 2. The molecule has 0 heterocycles. The van der Waals surface area contributed by atoms with Crippen molar-refractivity contribution in [3.8, 4) is 0 Å². The van der Waals surface area contributed by atoms with Crippen LogP contribution in [0, 0.1) is 0 Å². The largest absolute Gasteiger partial charge is 0.354 e. The summed E-state index contributed by atoms with van der Waals surface area (Å²) < 4.78 is 29.6. The number of hydrogen-bond acceptors (Lipinski definition) is 4. The molecule has 0 aliphatic carbocycles. The molecule has 3 aromatic rings. The number of carbonyl (C=O) groups is 2. The lowest BCUT2D eigenvalue weighted by Gasteiger charge is -2.32. The maximum atomic E-state index is 13.9. The lowest BCUT2D eigenvalue weighted by molar-refractivity contribution is -0.139. The molecular weight excluding hydrogens is 578 g/mol. The Hall–Kier alpha value is -3.17. The Morgan fingerprint density at radius 2 is 1.62 bits per heavy atom. The van der Waals surface area contributed by atoms with Crippen LogP contribution in [0.3, 0.4) is 0 Å². The Kier molecular flexibility index (Phi) is 11.1. The van der Waals surface area contributed by atoms with Crippen molar-refractivity contribution < 1.29 is 18.0 Å². The van der Waals surface area contributed by atoms with E-state index in [4.69, 9.17) is 0 Å². The fourth-order valence-electron chi connectivity index (χ4n) is 4.10. The summed E-state index contributed by atoms with van der Waals surface area (Å²) in [5.41, 5.74) is 2.25. The van der Waals surface area contributed by atoms with Crippen molar-refractivity contribution in [2.75, 3.05) is 17.4 Å². The molecule has 39 heavy (non-hydrogen) atoms. The number of rotatable bonds is 13. The fraction of sp³-hybridized carbons (Fsp3) is 0.333. The number of hydrogen-bond donors (Lipinski definition) is 1. The van der Waals surface area contributed by atoms with E-state index in [1.54, 1.807) is 37.3 Å². The number of carbonyl (C=O) groups excluding carboxylic acids is 2. The molecule has 0 aromatic heterocycles. The fourth-order valence-corrected chi connectivity index (χ4v) is 5.98. The summed E-state index contributed by atoms with van der Waals surface area (Å²) in [7, 11) is -4.07. The zero-order chi connectivity index (χ0) is 28.4. The number of halogens is 1. The molecular formula is C30H36BrN3O4S. The summed E-state index contributed by atoms with van der Waals surface area (Å²) >= 11 is 3.46. The van der Waals surface area contributed by atoms with Crippen LogP contribution >= 0.6 is 15.9 Å². The quantitative estimate of drug-likeness (QED) is 0.256. The van der Waals surface area contributed by atoms with E-state index in [0.717, 1.165) is 39.2 Å². The minimum absolute atomic E-state index is 0.0845. The topological polar surface area (TPSA) is 86.8 Å². The van der Waals surface area contributed by atoms with E-state index in [1.807, 2.05) is 50.2 Å². The molecule has 0 unspecified atom stereocenters. The first-order chi connectivity index (χ1) is 18.7. The Labute approximate surface area is 240 Å². The molecule has 1 N–H and O–H groups in total. The average Bonchev–Trinajstić information content (AvgIpc) is 2.94. The summed E-state index contributed by atoms with van der Waals surface area (Å²) in [6.45, 7) is 5.93. The molecule has 0 fully saturated rings. The standard InChI is InChI=1S/C30H36BrN3O4S/c1-4-6-19-32-30(36)23(3)33(21-25-11-10-12-26(31)20-25)29(35)22-34(27-17-15-24(5-2)16-18-27)39(37,38)28-13-8-7-9-14-28/h7-18,20,23H,4-6,19,21-22H2,1-3H3,(H,32,36)/t23-/m1/s1. The SMILES string of the molecule is CCCCNC(=O)[C@@H](C)N(Cc1cccc(Br)c1)C(=O)CN(c1ccc(CC)cc1)S(=O)(=O)c1ccccc1. The maximum absolute atomic E-state index is 13.9. The average molecular weight is 615 g/mol. The Balaban J connectivity index is 1.99. The molecule has 0 saturated carbocycles. The number of amides is 2. The molecule has 0 radical (unpaired) electrons. The van der Waals surface area contributed by atoms with Gasteiger partial charge in [-0.2, -0.15) is 0 Å². The zero-order valence-corrected chi connectivity index (χ0v) is 25.0. The van der Waals surface area contributed by atoms with Gasteiger partial charge in [0.1, 0.15) is 12.6 Å². The van der Waals surface area contributed by atoms with Crippen LogP contribution in [0.1, 0.15) is 44.7 Å². The number of benzene rings is 3. The van der Waals surface area contributed by atoms with Gasteiger partial charge < -0.3 is 10.2 Å². The number of anilines is 1. The van der Waals surface area contributed by atoms with Crippen molar-refractivity contribution in [3.63, 3.8) is 0 Å². The highest BCUT2D eigenvalue weighted by atomic mass is 79.9. The minimum atomic E-state index is -4.07. The number of nitrogens with one attached hydrogen (secondary N) is 1. The highest BCUT2D eigenvalue weighted by Crippen LogP contribution is 2.25. The molecule has 0 spiro atoms. The molecule has 7 nitrogen and oxygen atoms in total. The first-order valence-corrected chi connectivity index (χ1v) is 15.4. The minimum Gasteiger partial charge on any atom is -0.354 e. The predicted molar refractivity (Wildman–Crippen MR) is 159 cm³/mol. The van der Waals surface area contributed by atoms with Gasteiger partial charge in [-0.3, -0.25) is 13.9 Å². The highest BCUT2D eigenvalue weighted by molar-refractivity contribution is 9.10. The number of sulfonamides is 1. The first-order valence-electron chi connectivity index (χ1n) is 13.2. The molecule has 0 aliphatic heterocycles. The second-order valence-electron chi connectivity index (χ2n) is 9.32. The molecule has 1 atom stereocenters. The van der Waals surface area contributed by atoms with Gasteiger partial charge in [0.05, 0.1) is 10.6 Å². The van der Waals surface area contributed by atoms with Gasteiger partial charge in [-0.05, 0) is 67.3 Å². The second-order valence-corrected chi connectivity index (χ2v) is 12.1. The van der Waals surface area contributed by atoms with E-state index in [2.05, 4.69) is 21.2 Å². The van der Waals surface area contributed by atoms with Gasteiger partial charge in [-0.15, -0.1) is 0 Å². The lowest BCUT2D eigenvalue weighted by atomic mass is 10.1. The Morgan fingerprint density at radius 1 is 0.923 bits per heavy atom. The molecule has 3 aromatic carbocycles. The number of aryl methyl sites for hydroxylation is 1. The van der Waals surface area contributed by atoms with Gasteiger partial charge in [-0.25, -0.2) is 8.42 Å². The third-order valence-corrected chi connectivity index (χ3v) is 8.76. The highest BCUT2D eigenvalue weighted by Gasteiger charge is 2.32. The smallest absolute Gasteiger partial charge is 0.264 e. The van der Waals surface area contributed by atoms with Gasteiger partial charge in [0, 0.05) is 17.6 Å². The first kappa shape index (κ1) is 30.4. The predicted octanol–water partition coefficient (Wildman–Crippen LogP) is 5.54. The van der Waals surface area contributed by atoms with Crippen molar-refractivity contribution in [1.82, 2.24) is 10.2 Å². The Bertz CT molecular complexity index is 1350. The van der Waals surface area contributed by atoms with Crippen LogP contribution in [0.15, 0.2) is 88.2 Å². The maximum Gasteiger partial charge on any atom is 0.264 e. The van der Waals surface area contributed by atoms with Crippen molar-refractivity contribution in [1.29, 1.82) is 0 Å². The van der Waals surface area contributed by atoms with E-state index in [0.29, 0.717) is 12.2 Å². The third kappa shape index (κ3) is 8.16. The van der Waals surface area contributed by atoms with E-state index in [-0.39, 0.29) is 17.3 Å². The van der Waals surface area contributed by atoms with Crippen molar-refractivity contribution in [2.45, 2.75) is 57.5 Å². The molecule has 9 heteroatoms. The summed E-state index contributed by atoms with van der Waals surface area (Å²) in [6, 6.07) is 21.9. The summed E-state index contributed by atoms with van der Waals surface area (Å²) in [4.78, 5) is 28.5. The molecule has 0 saturated heterocycles. The van der Waals surface area contributed by atoms with Crippen LogP contribution in [0.5, 0.6) is 0 Å². The molecule has 0 bridgehead atoms. The third-order valence-electron chi connectivity index (χ3n) is 6.48. The summed E-state index contributed by atoms with van der Waals surface area (Å²) in [5.74, 6) is -0.760. The van der Waals surface area contributed by atoms with Gasteiger partial charge >= 0.3 is 0 Å². The van der Waals surface area contributed by atoms with Crippen molar-refractivity contribution in [3.05, 3.63) is 94.5 Å². The normalized spacial score (nSPS) is 12.0. The molecule has 2 amide bonds. The molecule has 3 rings (SSSR count). The molecule has 0 aliphatic rings. The van der Waals surface area contributed by atoms with Crippen LogP contribution in [0.4, 0.5) is 5.69 Å². The van der Waals surface area contributed by atoms with Crippen LogP contribution in [0.25, 0.3) is 0 Å². The monoisotopic (exact) mass is 613 g/mol. The number of unbranched alkanes of at least 4 members (excludes halogenated alkanes) is 1. The van der Waals surface area contributed by atoms with E-state index in [9.17, 15) is 18.0 Å². The van der Waals surface area contributed by atoms with E-state index >= 15 is 0 Å². The Morgan fingerprint density at radius 3 is 2.23 bits per heavy atom. The van der Waals surface area contributed by atoms with Crippen LogP contribution in [-0.4, -0.2) is 44.3 Å². The van der Waals surface area contributed by atoms with E-state index in [1.165, 1.54) is 17.0 Å². The van der Waals surface area contributed by atoms with Crippen LogP contribution in [0.2, 0.25) is 0 Å². The van der Waals surface area contributed by atoms with Gasteiger partial charge in [-0.1, -0.05) is 78.7 Å². The van der Waals surface area contributed by atoms with Gasteiger partial charge in [0.2, 0.25) is 11.8 Å². The lowest BCUT2D eigenvalue weighted by Crippen LogP contribution is -2.51. The molecule has 208 valence electrons. The summed E-state index contributed by atoms with van der Waals surface area (Å²) in [5, 5.41) is 2.90. The van der Waals surface area contributed by atoms with Crippen molar-refractivity contribution >= 4 is 43.5 Å². The van der Waals surface area contributed by atoms with Crippen LogP contribution < -0.4 is 9.62 Å². The zero-order valence-electron chi connectivity index (χ0n) is 22.6. The second kappa shape index (κ2) is 14.3. The van der Waals surface area contributed by atoms with E-state index < -0.39 is 28.5 Å².